The van der Waals surface area contributed by atoms with Gasteiger partial charge >= 0.3 is 5.97 Å². The molecule has 1 amide bonds. The van der Waals surface area contributed by atoms with Gasteiger partial charge in [-0.05, 0) is 18.2 Å². The second-order valence-electron chi connectivity index (χ2n) is 3.43. The molecule has 1 N–H and O–H groups in total. The summed E-state index contributed by atoms with van der Waals surface area (Å²) in [5.74, 6) is -1.20. The largest absolute Gasteiger partial charge is 0.496 e. The van der Waals surface area contributed by atoms with E-state index in [1.165, 1.54) is 26.4 Å². The normalized spacial score (nSPS) is 9.72. The lowest BCUT2D eigenvalue weighted by molar-refractivity contribution is -0.140. The fourth-order valence-corrected chi connectivity index (χ4v) is 1.33. The Bertz CT molecular complexity index is 448. The summed E-state index contributed by atoms with van der Waals surface area (Å²) >= 11 is 0. The third-order valence-corrected chi connectivity index (χ3v) is 2.25. The maximum absolute atomic E-state index is 13.0. The molecule has 0 aliphatic rings. The van der Waals surface area contributed by atoms with Crippen LogP contribution >= 0.6 is 0 Å². The topological polar surface area (TPSA) is 64.6 Å². The lowest BCUT2D eigenvalue weighted by Crippen LogP contribution is -2.26. The molecule has 0 spiro atoms. The molecule has 0 saturated heterocycles. The van der Waals surface area contributed by atoms with Gasteiger partial charge in [-0.15, -0.1) is 0 Å². The SMILES string of the molecule is COC(=O)CCNC(=O)c1cc(F)ccc1OC. The van der Waals surface area contributed by atoms with Crippen molar-refractivity contribution >= 4 is 11.9 Å². The highest BCUT2D eigenvalue weighted by molar-refractivity contribution is 5.97. The lowest BCUT2D eigenvalue weighted by Gasteiger charge is -2.08. The molecule has 0 aliphatic heterocycles. The Kier molecular flexibility index (Phi) is 5.10. The average Bonchev–Trinajstić information content (AvgIpc) is 2.38. The van der Waals surface area contributed by atoms with Gasteiger partial charge in [-0.1, -0.05) is 0 Å². The van der Waals surface area contributed by atoms with Crippen molar-refractivity contribution in [2.24, 2.45) is 0 Å². The molecule has 0 heterocycles. The highest BCUT2D eigenvalue weighted by Gasteiger charge is 2.13. The van der Waals surface area contributed by atoms with E-state index in [4.69, 9.17) is 4.74 Å². The second-order valence-corrected chi connectivity index (χ2v) is 3.43. The lowest BCUT2D eigenvalue weighted by atomic mass is 10.2. The number of benzene rings is 1. The monoisotopic (exact) mass is 255 g/mol. The van der Waals surface area contributed by atoms with Crippen LogP contribution in [-0.2, 0) is 9.53 Å². The van der Waals surface area contributed by atoms with Gasteiger partial charge in [0, 0.05) is 6.54 Å². The molecular formula is C12H14FNO4. The Balaban J connectivity index is 2.66. The van der Waals surface area contributed by atoms with Crippen LogP contribution in [0.4, 0.5) is 4.39 Å². The highest BCUT2D eigenvalue weighted by Crippen LogP contribution is 2.18. The van der Waals surface area contributed by atoms with E-state index in [-0.39, 0.29) is 24.3 Å². The number of halogens is 1. The molecule has 1 aromatic rings. The molecule has 1 rings (SSSR count). The molecule has 0 aliphatic carbocycles. The van der Waals surface area contributed by atoms with Crippen molar-refractivity contribution < 1.29 is 23.5 Å². The molecule has 98 valence electrons. The number of hydrogen-bond donors (Lipinski definition) is 1. The van der Waals surface area contributed by atoms with Gasteiger partial charge in [0.25, 0.3) is 5.91 Å². The molecule has 0 atom stereocenters. The van der Waals surface area contributed by atoms with Crippen molar-refractivity contribution in [2.75, 3.05) is 20.8 Å². The molecule has 0 bridgehead atoms. The molecule has 0 fully saturated rings. The zero-order valence-corrected chi connectivity index (χ0v) is 10.2. The standard InChI is InChI=1S/C12H14FNO4/c1-17-10-4-3-8(13)7-9(10)12(16)14-6-5-11(15)18-2/h3-4,7H,5-6H2,1-2H3,(H,14,16). The summed E-state index contributed by atoms with van der Waals surface area (Å²) in [5, 5.41) is 2.48. The van der Waals surface area contributed by atoms with Gasteiger partial charge in [0.05, 0.1) is 26.2 Å². The van der Waals surface area contributed by atoms with Crippen molar-refractivity contribution in [3.05, 3.63) is 29.6 Å². The molecule has 0 unspecified atom stereocenters. The second kappa shape index (κ2) is 6.58. The Morgan fingerprint density at radius 3 is 2.67 bits per heavy atom. The Hall–Kier alpha value is -2.11. The predicted molar refractivity (Wildman–Crippen MR) is 61.9 cm³/mol. The van der Waals surface area contributed by atoms with Gasteiger partial charge in [0.2, 0.25) is 0 Å². The summed E-state index contributed by atoms with van der Waals surface area (Å²) in [6.45, 7) is 0.116. The van der Waals surface area contributed by atoms with E-state index in [1.54, 1.807) is 0 Å². The van der Waals surface area contributed by atoms with Crippen LogP contribution < -0.4 is 10.1 Å². The number of nitrogens with one attached hydrogen (secondary N) is 1. The number of amides is 1. The van der Waals surface area contributed by atoms with Gasteiger partial charge in [0.1, 0.15) is 11.6 Å². The number of hydrogen-bond acceptors (Lipinski definition) is 4. The first-order valence-electron chi connectivity index (χ1n) is 5.27. The van der Waals surface area contributed by atoms with Crippen LogP contribution in [0.1, 0.15) is 16.8 Å². The van der Waals surface area contributed by atoms with Crippen molar-refractivity contribution in [1.82, 2.24) is 5.32 Å². The van der Waals surface area contributed by atoms with E-state index < -0.39 is 17.7 Å². The van der Waals surface area contributed by atoms with Crippen LogP contribution in [0.15, 0.2) is 18.2 Å². The van der Waals surface area contributed by atoms with Crippen molar-refractivity contribution in [1.29, 1.82) is 0 Å². The summed E-state index contributed by atoms with van der Waals surface area (Å²) in [4.78, 5) is 22.6. The smallest absolute Gasteiger partial charge is 0.307 e. The number of esters is 1. The third-order valence-electron chi connectivity index (χ3n) is 2.25. The predicted octanol–water partition coefficient (Wildman–Crippen LogP) is 1.13. The van der Waals surface area contributed by atoms with Gasteiger partial charge < -0.3 is 14.8 Å². The maximum Gasteiger partial charge on any atom is 0.307 e. The van der Waals surface area contributed by atoms with Crippen LogP contribution in [0, 0.1) is 5.82 Å². The number of carbonyl (C=O) groups is 2. The minimum atomic E-state index is -0.533. The average molecular weight is 255 g/mol. The molecule has 6 heteroatoms. The van der Waals surface area contributed by atoms with E-state index >= 15 is 0 Å². The highest BCUT2D eigenvalue weighted by atomic mass is 19.1. The zero-order chi connectivity index (χ0) is 13.5. The third kappa shape index (κ3) is 3.73. The van der Waals surface area contributed by atoms with Gasteiger partial charge in [-0.3, -0.25) is 9.59 Å². The fraction of sp³-hybridized carbons (Fsp3) is 0.333. The molecule has 0 saturated carbocycles. The molecule has 5 nitrogen and oxygen atoms in total. The summed E-state index contributed by atoms with van der Waals surface area (Å²) < 4.78 is 22.4. The van der Waals surface area contributed by atoms with E-state index in [2.05, 4.69) is 10.1 Å². The van der Waals surface area contributed by atoms with Crippen molar-refractivity contribution in [3.63, 3.8) is 0 Å². The minimum Gasteiger partial charge on any atom is -0.496 e. The summed E-state index contributed by atoms with van der Waals surface area (Å²) in [6.07, 6.45) is 0.0554. The van der Waals surface area contributed by atoms with Crippen molar-refractivity contribution in [3.8, 4) is 5.75 Å². The Morgan fingerprint density at radius 2 is 2.06 bits per heavy atom. The van der Waals surface area contributed by atoms with Gasteiger partial charge in [-0.25, -0.2) is 4.39 Å². The minimum absolute atomic E-state index is 0.0554. The summed E-state index contributed by atoms with van der Waals surface area (Å²) in [5.41, 5.74) is 0.0855. The molecule has 0 radical (unpaired) electrons. The number of ether oxygens (including phenoxy) is 2. The molecule has 1 aromatic carbocycles. The van der Waals surface area contributed by atoms with E-state index in [0.717, 1.165) is 6.07 Å². The molecule has 0 aromatic heterocycles. The quantitative estimate of drug-likeness (QED) is 0.801. The van der Waals surface area contributed by atoms with E-state index in [1.807, 2.05) is 0 Å². The first-order chi connectivity index (χ1) is 8.58. The van der Waals surface area contributed by atoms with Crippen LogP contribution in [0.3, 0.4) is 0 Å². The van der Waals surface area contributed by atoms with Crippen molar-refractivity contribution in [2.45, 2.75) is 6.42 Å². The fourth-order valence-electron chi connectivity index (χ4n) is 1.33. The first kappa shape index (κ1) is 14.0. The van der Waals surface area contributed by atoms with Crippen LogP contribution in [0.2, 0.25) is 0 Å². The Labute approximate surface area is 104 Å². The summed E-state index contributed by atoms with van der Waals surface area (Å²) in [6, 6.07) is 3.64. The van der Waals surface area contributed by atoms with Crippen LogP contribution in [-0.4, -0.2) is 32.6 Å². The van der Waals surface area contributed by atoms with Crippen LogP contribution in [0.25, 0.3) is 0 Å². The Morgan fingerprint density at radius 1 is 1.33 bits per heavy atom. The number of methoxy groups -OCH3 is 2. The molecule has 18 heavy (non-hydrogen) atoms. The van der Waals surface area contributed by atoms with E-state index in [9.17, 15) is 14.0 Å². The maximum atomic E-state index is 13.0. The van der Waals surface area contributed by atoms with Gasteiger partial charge in [0.15, 0.2) is 0 Å². The first-order valence-corrected chi connectivity index (χ1v) is 5.27. The van der Waals surface area contributed by atoms with E-state index in [0.29, 0.717) is 0 Å². The zero-order valence-electron chi connectivity index (χ0n) is 10.2. The van der Waals surface area contributed by atoms with Crippen LogP contribution in [0.5, 0.6) is 5.75 Å². The summed E-state index contributed by atoms with van der Waals surface area (Å²) in [7, 11) is 2.65. The molecular weight excluding hydrogens is 241 g/mol. The number of rotatable bonds is 5. The van der Waals surface area contributed by atoms with Gasteiger partial charge in [-0.2, -0.15) is 0 Å². The number of carbonyl (C=O) groups excluding carboxylic acids is 2.